The van der Waals surface area contributed by atoms with E-state index in [9.17, 15) is 14.4 Å². The Morgan fingerprint density at radius 3 is 2.27 bits per heavy atom. The molecule has 3 heterocycles. The highest BCUT2D eigenvalue weighted by molar-refractivity contribution is 7.07. The monoisotopic (exact) mass is 674 g/mol. The van der Waals surface area contributed by atoms with Crippen LogP contribution in [0.2, 0.25) is 0 Å². The second-order valence-corrected chi connectivity index (χ2v) is 13.7. The Labute approximate surface area is 288 Å². The summed E-state index contributed by atoms with van der Waals surface area (Å²) in [6, 6.07) is 20.0. The molecule has 2 aromatic heterocycles. The third-order valence-corrected chi connectivity index (χ3v) is 9.38. The molecule has 1 atom stereocenters. The average molecular weight is 675 g/mol. The molecule has 0 fully saturated rings. The van der Waals surface area contributed by atoms with E-state index in [4.69, 9.17) is 19.6 Å². The zero-order chi connectivity index (χ0) is 35.0. The lowest BCUT2D eigenvalue weighted by atomic mass is 9.95. The van der Waals surface area contributed by atoms with E-state index < -0.39 is 18.0 Å². The lowest BCUT2D eigenvalue weighted by molar-refractivity contribution is -0.140. The number of esters is 2. The number of aryl methyl sites for hydroxylation is 3. The van der Waals surface area contributed by atoms with Gasteiger partial charge in [0.2, 0.25) is 0 Å². The number of carbonyl (C=O) groups is 2. The van der Waals surface area contributed by atoms with E-state index in [0.29, 0.717) is 26.2 Å². The Bertz CT molecular complexity index is 2270. The van der Waals surface area contributed by atoms with Crippen LogP contribution in [0, 0.1) is 26.7 Å². The fourth-order valence-corrected chi connectivity index (χ4v) is 7.27. The predicted molar refractivity (Wildman–Crippen MR) is 191 cm³/mol. The molecule has 3 aromatic carbocycles. The summed E-state index contributed by atoms with van der Waals surface area (Å²) in [6.45, 7) is 12.1. The number of allylic oxidation sites excluding steroid dienone is 1. The summed E-state index contributed by atoms with van der Waals surface area (Å²) in [4.78, 5) is 45.5. The molecule has 1 unspecified atom stereocenters. The van der Waals surface area contributed by atoms with Crippen molar-refractivity contribution in [2.75, 3.05) is 13.7 Å². The summed E-state index contributed by atoms with van der Waals surface area (Å²) >= 11 is 1.25. The molecule has 0 bridgehead atoms. The van der Waals surface area contributed by atoms with Gasteiger partial charge in [0, 0.05) is 17.3 Å². The van der Waals surface area contributed by atoms with E-state index in [2.05, 4.69) is 32.9 Å². The molecular formula is C39H38N4O5S. The minimum Gasteiger partial charge on any atom is -0.465 e. The summed E-state index contributed by atoms with van der Waals surface area (Å²) < 4.78 is 14.4. The van der Waals surface area contributed by atoms with Crippen LogP contribution in [0.25, 0.3) is 23.0 Å². The third kappa shape index (κ3) is 6.56. The SMILES string of the molecule is COC(=O)c1ccc(C2C(C(=O)OCC(C)C)=C(C)N=c3s/c(=C\c4cn(-c5ccccc5)nc4-c4c(C)cc(C)cc4C)c(=O)n32)cc1. The van der Waals surface area contributed by atoms with Crippen LogP contribution < -0.4 is 14.9 Å². The molecule has 0 aliphatic carbocycles. The van der Waals surface area contributed by atoms with Crippen molar-refractivity contribution < 1.29 is 19.1 Å². The minimum absolute atomic E-state index is 0.121. The normalized spacial score (nSPS) is 14.5. The second-order valence-electron chi connectivity index (χ2n) is 12.7. The largest absolute Gasteiger partial charge is 0.465 e. The lowest BCUT2D eigenvalue weighted by Gasteiger charge is -2.25. The van der Waals surface area contributed by atoms with Gasteiger partial charge < -0.3 is 9.47 Å². The smallest absolute Gasteiger partial charge is 0.338 e. The van der Waals surface area contributed by atoms with Gasteiger partial charge in [0.15, 0.2) is 4.80 Å². The quantitative estimate of drug-likeness (QED) is 0.187. The number of hydrogen-bond donors (Lipinski definition) is 0. The number of hydrogen-bond acceptors (Lipinski definition) is 8. The van der Waals surface area contributed by atoms with E-state index in [1.165, 1.54) is 18.4 Å². The van der Waals surface area contributed by atoms with Crippen molar-refractivity contribution in [1.82, 2.24) is 14.3 Å². The van der Waals surface area contributed by atoms with Gasteiger partial charge in [-0.2, -0.15) is 5.10 Å². The second kappa shape index (κ2) is 13.6. The first-order valence-electron chi connectivity index (χ1n) is 16.1. The van der Waals surface area contributed by atoms with Crippen LogP contribution in [0.5, 0.6) is 0 Å². The molecular weight excluding hydrogens is 637 g/mol. The van der Waals surface area contributed by atoms with Crippen molar-refractivity contribution in [1.29, 1.82) is 0 Å². The third-order valence-electron chi connectivity index (χ3n) is 8.40. The first-order chi connectivity index (χ1) is 23.5. The van der Waals surface area contributed by atoms with Crippen molar-refractivity contribution in [3.63, 3.8) is 0 Å². The van der Waals surface area contributed by atoms with Gasteiger partial charge in [-0.1, -0.05) is 73.2 Å². The molecule has 5 aromatic rings. The summed E-state index contributed by atoms with van der Waals surface area (Å²) in [7, 11) is 1.32. The van der Waals surface area contributed by atoms with Crippen LogP contribution >= 0.6 is 11.3 Å². The van der Waals surface area contributed by atoms with Gasteiger partial charge in [-0.25, -0.2) is 19.3 Å². The molecule has 0 N–H and O–H groups in total. The summed E-state index contributed by atoms with van der Waals surface area (Å²) in [5.41, 5.74) is 8.19. The van der Waals surface area contributed by atoms with Crippen LogP contribution in [-0.2, 0) is 14.3 Å². The highest BCUT2D eigenvalue weighted by Gasteiger charge is 2.34. The fraction of sp³-hybridized carbons (Fsp3) is 0.256. The maximum absolute atomic E-state index is 14.5. The highest BCUT2D eigenvalue weighted by Crippen LogP contribution is 2.33. The molecule has 9 nitrogen and oxygen atoms in total. The van der Waals surface area contributed by atoms with Crippen molar-refractivity contribution in [2.24, 2.45) is 10.9 Å². The molecule has 1 aliphatic heterocycles. The van der Waals surface area contributed by atoms with Gasteiger partial charge in [0.25, 0.3) is 5.56 Å². The van der Waals surface area contributed by atoms with Crippen LogP contribution in [0.1, 0.15) is 65.0 Å². The number of ether oxygens (including phenoxy) is 2. The van der Waals surface area contributed by atoms with Gasteiger partial charge >= 0.3 is 11.9 Å². The standard InChI is InChI=1S/C39H38N4O5S/c1-22(2)21-48-38(46)33-26(6)40-39-43(35(33)27-13-15-28(16-14-27)37(45)47-7)36(44)31(49-39)19-29-20-42(30-11-9-8-10-12-30)41-34(29)32-24(4)17-23(3)18-25(32)5/h8-20,22,35H,21H2,1-7H3/b31-19-. The minimum atomic E-state index is -0.821. The number of carbonyl (C=O) groups excluding carboxylic acids is 2. The molecule has 0 saturated heterocycles. The molecule has 6 rings (SSSR count). The summed E-state index contributed by atoms with van der Waals surface area (Å²) in [6.07, 6.45) is 3.79. The van der Waals surface area contributed by atoms with Gasteiger partial charge in [0.1, 0.15) is 5.69 Å². The topological polar surface area (TPSA) is 105 Å². The number of aromatic nitrogens is 3. The first-order valence-corrected chi connectivity index (χ1v) is 16.9. The van der Waals surface area contributed by atoms with Crippen molar-refractivity contribution in [2.45, 2.75) is 47.6 Å². The molecule has 0 spiro atoms. The Morgan fingerprint density at radius 1 is 0.959 bits per heavy atom. The number of rotatable bonds is 8. The molecule has 10 heteroatoms. The van der Waals surface area contributed by atoms with Crippen LogP contribution in [0.15, 0.2) is 94.0 Å². The predicted octanol–water partition coefficient (Wildman–Crippen LogP) is 6.00. The fourth-order valence-electron chi connectivity index (χ4n) is 6.23. The Hall–Kier alpha value is -5.35. The number of fused-ring (bicyclic) bond motifs is 1. The molecule has 49 heavy (non-hydrogen) atoms. The van der Waals surface area contributed by atoms with E-state index >= 15 is 0 Å². The van der Waals surface area contributed by atoms with Crippen molar-refractivity contribution in [3.8, 4) is 16.9 Å². The maximum atomic E-state index is 14.5. The van der Waals surface area contributed by atoms with Gasteiger partial charge in [-0.15, -0.1) is 0 Å². The molecule has 0 saturated carbocycles. The van der Waals surface area contributed by atoms with Crippen LogP contribution in [0.3, 0.4) is 0 Å². The van der Waals surface area contributed by atoms with E-state index in [1.54, 1.807) is 35.8 Å². The number of para-hydroxylation sites is 1. The Balaban J connectivity index is 1.56. The highest BCUT2D eigenvalue weighted by atomic mass is 32.1. The number of methoxy groups -OCH3 is 1. The average Bonchev–Trinajstić information content (AvgIpc) is 3.62. The number of thiazole rings is 1. The van der Waals surface area contributed by atoms with E-state index in [0.717, 1.165) is 39.2 Å². The van der Waals surface area contributed by atoms with E-state index in [-0.39, 0.29) is 23.7 Å². The first kappa shape index (κ1) is 33.5. The van der Waals surface area contributed by atoms with Crippen LogP contribution in [0.4, 0.5) is 0 Å². The van der Waals surface area contributed by atoms with Gasteiger partial charge in [-0.3, -0.25) is 9.36 Å². The molecule has 250 valence electrons. The van der Waals surface area contributed by atoms with Gasteiger partial charge in [-0.05, 0) is 80.6 Å². The Kier molecular flexibility index (Phi) is 9.34. The molecule has 0 radical (unpaired) electrons. The number of nitrogens with zero attached hydrogens (tertiary/aromatic N) is 4. The lowest BCUT2D eigenvalue weighted by Crippen LogP contribution is -2.40. The number of benzene rings is 3. The molecule has 1 aliphatic rings. The van der Waals surface area contributed by atoms with Crippen LogP contribution in [-0.4, -0.2) is 40.0 Å². The Morgan fingerprint density at radius 2 is 1.63 bits per heavy atom. The van der Waals surface area contributed by atoms with Crippen molar-refractivity contribution in [3.05, 3.63) is 137 Å². The zero-order valence-corrected chi connectivity index (χ0v) is 29.4. The summed E-state index contributed by atoms with van der Waals surface area (Å²) in [5, 5.41) is 5.03. The zero-order valence-electron chi connectivity index (χ0n) is 28.6. The van der Waals surface area contributed by atoms with E-state index in [1.807, 2.05) is 61.1 Å². The maximum Gasteiger partial charge on any atom is 0.338 e. The van der Waals surface area contributed by atoms with Crippen molar-refractivity contribution >= 4 is 29.4 Å². The van der Waals surface area contributed by atoms with Gasteiger partial charge in [0.05, 0.1) is 46.8 Å². The molecule has 0 amide bonds. The summed E-state index contributed by atoms with van der Waals surface area (Å²) in [5.74, 6) is -0.900.